The molecule has 0 fully saturated rings. The standard InChI is InChI=1S/C13H16BrClN4/c1-4-19-7-9(6-16-19)13-17-10(5-8(2)3)11(14)12(15)18-13/h6-8H,4-5H2,1-3H3. The van der Waals surface area contributed by atoms with E-state index in [9.17, 15) is 0 Å². The van der Waals surface area contributed by atoms with E-state index in [-0.39, 0.29) is 0 Å². The highest BCUT2D eigenvalue weighted by molar-refractivity contribution is 9.10. The van der Waals surface area contributed by atoms with Gasteiger partial charge in [-0.1, -0.05) is 25.4 Å². The molecule has 4 nitrogen and oxygen atoms in total. The molecule has 0 aliphatic carbocycles. The lowest BCUT2D eigenvalue weighted by molar-refractivity contribution is 0.632. The van der Waals surface area contributed by atoms with E-state index >= 15 is 0 Å². The number of aryl methyl sites for hydroxylation is 1. The Labute approximate surface area is 126 Å². The van der Waals surface area contributed by atoms with Crippen molar-refractivity contribution in [2.24, 2.45) is 5.92 Å². The number of nitrogens with zero attached hydrogens (tertiary/aromatic N) is 4. The quantitative estimate of drug-likeness (QED) is 0.789. The van der Waals surface area contributed by atoms with Gasteiger partial charge in [-0.2, -0.15) is 5.10 Å². The molecule has 0 aromatic carbocycles. The van der Waals surface area contributed by atoms with E-state index < -0.39 is 0 Å². The third-order valence-corrected chi connectivity index (χ3v) is 4.03. The highest BCUT2D eigenvalue weighted by Crippen LogP contribution is 2.28. The second kappa shape index (κ2) is 6.01. The maximum Gasteiger partial charge on any atom is 0.164 e. The molecular weight excluding hydrogens is 328 g/mol. The summed E-state index contributed by atoms with van der Waals surface area (Å²) in [6.45, 7) is 7.16. The summed E-state index contributed by atoms with van der Waals surface area (Å²) in [5, 5.41) is 4.68. The summed E-state index contributed by atoms with van der Waals surface area (Å²) in [6, 6.07) is 0. The van der Waals surface area contributed by atoms with E-state index in [1.54, 1.807) is 6.20 Å². The molecule has 2 aromatic rings. The Bertz CT molecular complexity index is 580. The molecule has 0 unspecified atom stereocenters. The largest absolute Gasteiger partial charge is 0.272 e. The van der Waals surface area contributed by atoms with Crippen LogP contribution in [0.1, 0.15) is 26.5 Å². The Morgan fingerprint density at radius 2 is 2.11 bits per heavy atom. The zero-order valence-corrected chi connectivity index (χ0v) is 13.5. The summed E-state index contributed by atoms with van der Waals surface area (Å²) in [7, 11) is 0. The zero-order valence-electron chi connectivity index (χ0n) is 11.2. The first kappa shape index (κ1) is 14.5. The van der Waals surface area contributed by atoms with Gasteiger partial charge in [-0.3, -0.25) is 4.68 Å². The van der Waals surface area contributed by atoms with Gasteiger partial charge in [0.25, 0.3) is 0 Å². The van der Waals surface area contributed by atoms with E-state index in [2.05, 4.69) is 44.8 Å². The molecule has 0 N–H and O–H groups in total. The number of halogens is 2. The summed E-state index contributed by atoms with van der Waals surface area (Å²) >= 11 is 9.62. The fourth-order valence-corrected chi connectivity index (χ4v) is 2.29. The number of aromatic nitrogens is 4. The normalized spacial score (nSPS) is 11.3. The predicted octanol–water partition coefficient (Wildman–Crippen LogP) is 3.97. The number of hydrogen-bond donors (Lipinski definition) is 0. The van der Waals surface area contributed by atoms with Crippen LogP contribution in [0.3, 0.4) is 0 Å². The first-order valence-electron chi connectivity index (χ1n) is 6.26. The van der Waals surface area contributed by atoms with Crippen LogP contribution in [0, 0.1) is 5.92 Å². The Morgan fingerprint density at radius 3 is 2.68 bits per heavy atom. The first-order valence-corrected chi connectivity index (χ1v) is 7.43. The Hall–Kier alpha value is -0.940. The Kier molecular flexibility index (Phi) is 4.58. The van der Waals surface area contributed by atoms with Crippen LogP contribution in [-0.2, 0) is 13.0 Å². The highest BCUT2D eigenvalue weighted by atomic mass is 79.9. The summed E-state index contributed by atoms with van der Waals surface area (Å²) < 4.78 is 2.63. The minimum atomic E-state index is 0.449. The molecule has 0 atom stereocenters. The number of rotatable bonds is 4. The van der Waals surface area contributed by atoms with Crippen molar-refractivity contribution >= 4 is 27.5 Å². The van der Waals surface area contributed by atoms with Crippen molar-refractivity contribution in [2.45, 2.75) is 33.7 Å². The van der Waals surface area contributed by atoms with Crippen LogP contribution < -0.4 is 0 Å². The van der Waals surface area contributed by atoms with E-state index in [4.69, 9.17) is 11.6 Å². The fourth-order valence-electron chi connectivity index (χ4n) is 1.77. The van der Waals surface area contributed by atoms with Crippen molar-refractivity contribution in [1.82, 2.24) is 19.7 Å². The molecule has 0 amide bonds. The monoisotopic (exact) mass is 342 g/mol. The molecule has 6 heteroatoms. The average molecular weight is 344 g/mol. The summed E-state index contributed by atoms with van der Waals surface area (Å²) in [4.78, 5) is 8.91. The van der Waals surface area contributed by atoms with Gasteiger partial charge in [-0.25, -0.2) is 9.97 Å². The third kappa shape index (κ3) is 3.34. The Morgan fingerprint density at radius 1 is 1.37 bits per heavy atom. The molecular formula is C13H16BrClN4. The average Bonchev–Trinajstić information content (AvgIpc) is 2.82. The van der Waals surface area contributed by atoms with Crippen molar-refractivity contribution in [2.75, 3.05) is 0 Å². The molecule has 0 bridgehead atoms. The second-order valence-corrected chi connectivity index (χ2v) is 5.93. The molecule has 0 radical (unpaired) electrons. The van der Waals surface area contributed by atoms with Gasteiger partial charge >= 0.3 is 0 Å². The molecule has 2 aromatic heterocycles. The minimum Gasteiger partial charge on any atom is -0.272 e. The van der Waals surface area contributed by atoms with Gasteiger partial charge in [0.2, 0.25) is 0 Å². The van der Waals surface area contributed by atoms with Gasteiger partial charge in [0.1, 0.15) is 5.15 Å². The van der Waals surface area contributed by atoms with Crippen LogP contribution in [0.5, 0.6) is 0 Å². The molecule has 2 rings (SSSR count). The Balaban J connectivity index is 2.43. The molecule has 0 saturated carbocycles. The maximum atomic E-state index is 6.17. The second-order valence-electron chi connectivity index (χ2n) is 4.78. The van der Waals surface area contributed by atoms with Gasteiger partial charge in [0, 0.05) is 12.7 Å². The lowest BCUT2D eigenvalue weighted by Gasteiger charge is -2.09. The van der Waals surface area contributed by atoms with Gasteiger partial charge < -0.3 is 0 Å². The first-order chi connectivity index (χ1) is 9.01. The SMILES string of the molecule is CCn1cc(-c2nc(Cl)c(Br)c(CC(C)C)n2)cn1. The molecule has 102 valence electrons. The van der Waals surface area contributed by atoms with E-state index in [1.165, 1.54) is 0 Å². The van der Waals surface area contributed by atoms with Crippen molar-refractivity contribution < 1.29 is 0 Å². The highest BCUT2D eigenvalue weighted by Gasteiger charge is 2.14. The molecule has 0 spiro atoms. The van der Waals surface area contributed by atoms with Gasteiger partial charge in [0.15, 0.2) is 5.82 Å². The topological polar surface area (TPSA) is 43.6 Å². The van der Waals surface area contributed by atoms with E-state index in [0.29, 0.717) is 16.9 Å². The van der Waals surface area contributed by atoms with Gasteiger partial charge in [-0.15, -0.1) is 0 Å². The summed E-state index contributed by atoms with van der Waals surface area (Å²) in [5.41, 5.74) is 1.83. The van der Waals surface area contributed by atoms with Crippen LogP contribution in [-0.4, -0.2) is 19.7 Å². The summed E-state index contributed by atoms with van der Waals surface area (Å²) in [5.74, 6) is 1.14. The maximum absolute atomic E-state index is 6.17. The van der Waals surface area contributed by atoms with Crippen LogP contribution >= 0.6 is 27.5 Å². The zero-order chi connectivity index (χ0) is 14.0. The molecule has 0 aliphatic rings. The van der Waals surface area contributed by atoms with Crippen molar-refractivity contribution in [3.05, 3.63) is 27.7 Å². The molecule has 2 heterocycles. The molecule has 0 aliphatic heterocycles. The lowest BCUT2D eigenvalue weighted by atomic mass is 10.1. The lowest BCUT2D eigenvalue weighted by Crippen LogP contribution is -2.02. The molecule has 19 heavy (non-hydrogen) atoms. The number of hydrogen-bond acceptors (Lipinski definition) is 3. The van der Waals surface area contributed by atoms with Crippen molar-refractivity contribution in [3.8, 4) is 11.4 Å². The predicted molar refractivity (Wildman–Crippen MR) is 80.2 cm³/mol. The van der Waals surface area contributed by atoms with Gasteiger partial charge in [0.05, 0.1) is 21.9 Å². The van der Waals surface area contributed by atoms with Crippen LogP contribution in [0.15, 0.2) is 16.9 Å². The van der Waals surface area contributed by atoms with Gasteiger partial charge in [-0.05, 0) is 35.2 Å². The smallest absolute Gasteiger partial charge is 0.164 e. The van der Waals surface area contributed by atoms with Crippen molar-refractivity contribution in [3.63, 3.8) is 0 Å². The minimum absolute atomic E-state index is 0.449. The fraction of sp³-hybridized carbons (Fsp3) is 0.462. The molecule has 0 saturated heterocycles. The third-order valence-electron chi connectivity index (χ3n) is 2.70. The van der Waals surface area contributed by atoms with Crippen LogP contribution in [0.2, 0.25) is 5.15 Å². The van der Waals surface area contributed by atoms with E-state index in [1.807, 2.05) is 17.8 Å². The summed E-state index contributed by atoms with van der Waals surface area (Å²) in [6.07, 6.45) is 4.55. The van der Waals surface area contributed by atoms with Crippen molar-refractivity contribution in [1.29, 1.82) is 0 Å². The van der Waals surface area contributed by atoms with Crippen LogP contribution in [0.4, 0.5) is 0 Å². The van der Waals surface area contributed by atoms with Crippen LogP contribution in [0.25, 0.3) is 11.4 Å². The van der Waals surface area contributed by atoms with E-state index in [0.717, 1.165) is 28.7 Å².